The molecule has 1 fully saturated rings. The van der Waals surface area contributed by atoms with Gasteiger partial charge in [-0.3, -0.25) is 14.6 Å². The lowest BCUT2D eigenvalue weighted by molar-refractivity contribution is -0.253. The molecular formula is C21H20F4N2O3. The van der Waals surface area contributed by atoms with Gasteiger partial charge in [0.2, 0.25) is 0 Å². The predicted molar refractivity (Wildman–Crippen MR) is 99.6 cm³/mol. The summed E-state index contributed by atoms with van der Waals surface area (Å²) in [4.78, 5) is 28.6. The molecule has 160 valence electrons. The Balaban J connectivity index is 1.60. The molecule has 0 radical (unpaired) electrons. The van der Waals surface area contributed by atoms with E-state index in [0.717, 1.165) is 25.0 Å². The molecule has 30 heavy (non-hydrogen) atoms. The first-order chi connectivity index (χ1) is 14.2. The van der Waals surface area contributed by atoms with Crippen LogP contribution < -0.4 is 10.1 Å². The molecule has 0 bridgehead atoms. The van der Waals surface area contributed by atoms with Crippen LogP contribution in [0.2, 0.25) is 0 Å². The highest BCUT2D eigenvalue weighted by Crippen LogP contribution is 2.31. The third-order valence-electron chi connectivity index (χ3n) is 4.70. The lowest BCUT2D eigenvalue weighted by atomic mass is 10.1. The fourth-order valence-corrected chi connectivity index (χ4v) is 2.83. The summed E-state index contributed by atoms with van der Waals surface area (Å²) in [6, 6.07) is 7.64. The van der Waals surface area contributed by atoms with Crippen molar-refractivity contribution in [3.8, 4) is 5.75 Å². The summed E-state index contributed by atoms with van der Waals surface area (Å²) >= 11 is 0. The van der Waals surface area contributed by atoms with E-state index in [0.29, 0.717) is 16.8 Å². The van der Waals surface area contributed by atoms with Crippen LogP contribution in [0.5, 0.6) is 5.75 Å². The number of nitrogens with one attached hydrogen (secondary N) is 1. The average Bonchev–Trinajstić information content (AvgIpc) is 3.53. The van der Waals surface area contributed by atoms with Crippen LogP contribution in [0.25, 0.3) is 0 Å². The molecule has 1 atom stereocenters. The minimum absolute atomic E-state index is 0.108. The van der Waals surface area contributed by atoms with Gasteiger partial charge in [0.1, 0.15) is 11.5 Å². The molecule has 9 heteroatoms. The van der Waals surface area contributed by atoms with Crippen molar-refractivity contribution >= 4 is 11.7 Å². The number of ether oxygens (including phenoxy) is 1. The standard InChI is InChI=1S/C21H20F4N2O3/c1-12(13-4-6-17(7-5-13)30-21(24,25)20(22)23)27-19(29)15-8-9-26-16(10-15)11-18(28)14-2-3-14/h4-10,12,14,20H,2-3,11H2,1H3,(H,27,29). The number of benzene rings is 1. The highest BCUT2D eigenvalue weighted by Gasteiger charge is 2.43. The lowest BCUT2D eigenvalue weighted by Crippen LogP contribution is -2.33. The van der Waals surface area contributed by atoms with E-state index in [9.17, 15) is 27.2 Å². The highest BCUT2D eigenvalue weighted by atomic mass is 19.3. The quantitative estimate of drug-likeness (QED) is 0.609. The fourth-order valence-electron chi connectivity index (χ4n) is 2.83. The molecule has 1 amide bonds. The molecule has 1 saturated carbocycles. The van der Waals surface area contributed by atoms with E-state index in [-0.39, 0.29) is 18.1 Å². The van der Waals surface area contributed by atoms with Gasteiger partial charge in [-0.05, 0) is 49.6 Å². The second-order valence-corrected chi connectivity index (χ2v) is 7.18. The summed E-state index contributed by atoms with van der Waals surface area (Å²) in [6.07, 6.45) is -5.07. The molecule has 2 aromatic rings. The Morgan fingerprint density at radius 2 is 1.87 bits per heavy atom. The zero-order valence-corrected chi connectivity index (χ0v) is 16.1. The van der Waals surface area contributed by atoms with Crippen LogP contribution in [0.3, 0.4) is 0 Å². The van der Waals surface area contributed by atoms with Gasteiger partial charge in [0, 0.05) is 29.8 Å². The molecule has 1 N–H and O–H groups in total. The predicted octanol–water partition coefficient (Wildman–Crippen LogP) is 4.33. The molecule has 0 spiro atoms. The van der Waals surface area contributed by atoms with E-state index in [1.165, 1.54) is 24.4 Å². The normalized spacial score (nSPS) is 15.0. The lowest BCUT2D eigenvalue weighted by Gasteiger charge is -2.18. The van der Waals surface area contributed by atoms with Crippen LogP contribution >= 0.6 is 0 Å². The molecule has 1 aromatic carbocycles. The van der Waals surface area contributed by atoms with Crippen molar-refractivity contribution in [3.05, 3.63) is 59.4 Å². The van der Waals surface area contributed by atoms with Crippen molar-refractivity contribution in [2.45, 2.75) is 44.8 Å². The minimum Gasteiger partial charge on any atom is -0.428 e. The SMILES string of the molecule is CC(NC(=O)c1ccnc(CC(=O)C2CC2)c1)c1ccc(OC(F)(F)C(F)F)cc1. The Bertz CT molecular complexity index is 915. The summed E-state index contributed by atoms with van der Waals surface area (Å²) in [6.45, 7) is 1.68. The molecule has 5 nitrogen and oxygen atoms in total. The van der Waals surface area contributed by atoms with Gasteiger partial charge in [0.25, 0.3) is 5.91 Å². The van der Waals surface area contributed by atoms with E-state index >= 15 is 0 Å². The molecule has 1 aromatic heterocycles. The molecule has 1 unspecified atom stereocenters. The first kappa shape index (κ1) is 21.7. The van der Waals surface area contributed by atoms with E-state index < -0.39 is 30.2 Å². The number of carbonyl (C=O) groups excluding carboxylic acids is 2. The Kier molecular flexibility index (Phi) is 6.38. The van der Waals surface area contributed by atoms with Crippen LogP contribution in [-0.2, 0) is 11.2 Å². The maximum Gasteiger partial charge on any atom is 0.461 e. The number of rotatable bonds is 9. The van der Waals surface area contributed by atoms with E-state index in [1.54, 1.807) is 13.0 Å². The maximum atomic E-state index is 13.0. The molecule has 0 aliphatic heterocycles. The first-order valence-corrected chi connectivity index (χ1v) is 9.39. The van der Waals surface area contributed by atoms with Crippen LogP contribution in [0.4, 0.5) is 17.6 Å². The Labute approximate surface area is 170 Å². The monoisotopic (exact) mass is 424 g/mol. The molecule has 1 aliphatic rings. The number of halogens is 4. The number of pyridine rings is 1. The van der Waals surface area contributed by atoms with E-state index in [1.807, 2.05) is 0 Å². The van der Waals surface area contributed by atoms with Crippen molar-refractivity contribution in [2.75, 3.05) is 0 Å². The van der Waals surface area contributed by atoms with Crippen molar-refractivity contribution in [1.29, 1.82) is 0 Å². The zero-order valence-electron chi connectivity index (χ0n) is 16.1. The van der Waals surface area contributed by atoms with E-state index in [2.05, 4.69) is 15.0 Å². The smallest absolute Gasteiger partial charge is 0.428 e. The second-order valence-electron chi connectivity index (χ2n) is 7.18. The Morgan fingerprint density at radius 3 is 2.47 bits per heavy atom. The van der Waals surface area contributed by atoms with Crippen LogP contribution in [0, 0.1) is 5.92 Å². The molecule has 1 aliphatic carbocycles. The van der Waals surface area contributed by atoms with E-state index in [4.69, 9.17) is 0 Å². The summed E-state index contributed by atoms with van der Waals surface area (Å²) in [5.41, 5.74) is 1.43. The molecule has 1 heterocycles. The van der Waals surface area contributed by atoms with Gasteiger partial charge in [0.15, 0.2) is 0 Å². The number of alkyl halides is 4. The van der Waals surface area contributed by atoms with Crippen LogP contribution in [0.1, 0.15) is 47.4 Å². The van der Waals surface area contributed by atoms with Gasteiger partial charge in [-0.25, -0.2) is 0 Å². The number of hydrogen-bond donors (Lipinski definition) is 1. The van der Waals surface area contributed by atoms with Gasteiger partial charge in [0.05, 0.1) is 6.04 Å². The summed E-state index contributed by atoms with van der Waals surface area (Å²) < 4.78 is 54.3. The van der Waals surface area contributed by atoms with Crippen LogP contribution in [0.15, 0.2) is 42.6 Å². The fraction of sp³-hybridized carbons (Fsp3) is 0.381. The molecular weight excluding hydrogens is 404 g/mol. The number of nitrogens with zero attached hydrogens (tertiary/aromatic N) is 1. The number of ketones is 1. The van der Waals surface area contributed by atoms with Crippen molar-refractivity contribution < 1.29 is 31.9 Å². The van der Waals surface area contributed by atoms with Gasteiger partial charge < -0.3 is 10.1 Å². The van der Waals surface area contributed by atoms with Crippen molar-refractivity contribution in [3.63, 3.8) is 0 Å². The number of carbonyl (C=O) groups is 2. The van der Waals surface area contributed by atoms with Crippen LogP contribution in [-0.4, -0.2) is 29.2 Å². The van der Waals surface area contributed by atoms with Gasteiger partial charge in [-0.2, -0.15) is 17.6 Å². The summed E-state index contributed by atoms with van der Waals surface area (Å²) in [7, 11) is 0. The number of hydrogen-bond acceptors (Lipinski definition) is 4. The maximum absolute atomic E-state index is 13.0. The van der Waals surface area contributed by atoms with Gasteiger partial charge >= 0.3 is 12.5 Å². The third-order valence-corrected chi connectivity index (χ3v) is 4.70. The second kappa shape index (κ2) is 8.81. The Hall–Kier alpha value is -2.97. The molecule has 0 saturated heterocycles. The number of Topliss-reactive ketones (excluding diaryl/α,β-unsaturated/α-hetero) is 1. The summed E-state index contributed by atoms with van der Waals surface area (Å²) in [5, 5.41) is 2.75. The highest BCUT2D eigenvalue weighted by molar-refractivity contribution is 5.94. The number of aromatic nitrogens is 1. The van der Waals surface area contributed by atoms with Crippen molar-refractivity contribution in [1.82, 2.24) is 10.3 Å². The number of amides is 1. The topological polar surface area (TPSA) is 68.3 Å². The summed E-state index contributed by atoms with van der Waals surface area (Å²) in [5.74, 6) is -0.582. The first-order valence-electron chi connectivity index (χ1n) is 9.39. The zero-order chi connectivity index (χ0) is 21.9. The van der Waals surface area contributed by atoms with Gasteiger partial charge in [-0.1, -0.05) is 12.1 Å². The minimum atomic E-state index is -4.58. The van der Waals surface area contributed by atoms with Gasteiger partial charge in [-0.15, -0.1) is 0 Å². The third kappa shape index (κ3) is 5.55. The molecule has 3 rings (SSSR count). The Morgan fingerprint density at radius 1 is 1.20 bits per heavy atom. The average molecular weight is 424 g/mol. The largest absolute Gasteiger partial charge is 0.461 e. The van der Waals surface area contributed by atoms with Crippen molar-refractivity contribution in [2.24, 2.45) is 5.92 Å².